The molecule has 0 saturated heterocycles. The Morgan fingerprint density at radius 2 is 1.76 bits per heavy atom. The quantitative estimate of drug-likeness (QED) is 0.618. The zero-order chi connectivity index (χ0) is 17.6. The van der Waals surface area contributed by atoms with Crippen LogP contribution in [0.4, 0.5) is 5.69 Å². The van der Waals surface area contributed by atoms with Crippen molar-refractivity contribution in [3.63, 3.8) is 0 Å². The van der Waals surface area contributed by atoms with Gasteiger partial charge in [0.05, 0.1) is 18.4 Å². The van der Waals surface area contributed by atoms with Crippen LogP contribution < -0.4 is 10.6 Å². The summed E-state index contributed by atoms with van der Waals surface area (Å²) in [7, 11) is 0. The number of benzene rings is 2. The van der Waals surface area contributed by atoms with Crippen molar-refractivity contribution >= 4 is 46.2 Å². The second-order valence-electron chi connectivity index (χ2n) is 5.42. The van der Waals surface area contributed by atoms with Gasteiger partial charge in [-0.2, -0.15) is 5.10 Å². The van der Waals surface area contributed by atoms with Gasteiger partial charge in [0, 0.05) is 28.4 Å². The Kier molecular flexibility index (Phi) is 5.91. The Balaban J connectivity index is 1.57. The summed E-state index contributed by atoms with van der Waals surface area (Å²) in [6, 6.07) is 15.5. The first-order chi connectivity index (χ1) is 12.1. The van der Waals surface area contributed by atoms with E-state index in [0.29, 0.717) is 28.2 Å². The number of aromatic nitrogens is 2. The van der Waals surface area contributed by atoms with Crippen molar-refractivity contribution in [2.24, 2.45) is 0 Å². The number of anilines is 1. The minimum atomic E-state index is 0.490. The predicted octanol–water partition coefficient (Wildman–Crippen LogP) is 4.72. The lowest BCUT2D eigenvalue weighted by Crippen LogP contribution is -2.27. The van der Waals surface area contributed by atoms with E-state index in [4.69, 9.17) is 35.4 Å². The molecule has 7 heteroatoms. The maximum atomic E-state index is 6.20. The Hall–Kier alpha value is -2.08. The monoisotopic (exact) mass is 390 g/mol. The number of hydrogen-bond donors (Lipinski definition) is 2. The van der Waals surface area contributed by atoms with Crippen LogP contribution in [0.3, 0.4) is 0 Å². The molecule has 2 aromatic carbocycles. The van der Waals surface area contributed by atoms with Gasteiger partial charge in [-0.15, -0.1) is 0 Å². The average Bonchev–Trinajstić information content (AvgIpc) is 3.04. The molecule has 0 radical (unpaired) electrons. The van der Waals surface area contributed by atoms with Crippen LogP contribution in [0.15, 0.2) is 60.9 Å². The van der Waals surface area contributed by atoms with Gasteiger partial charge in [-0.25, -0.2) is 0 Å². The van der Waals surface area contributed by atoms with Gasteiger partial charge in [0.25, 0.3) is 0 Å². The van der Waals surface area contributed by atoms with E-state index in [2.05, 4.69) is 15.7 Å². The van der Waals surface area contributed by atoms with E-state index in [-0.39, 0.29) is 0 Å². The molecule has 2 N–H and O–H groups in total. The highest BCUT2D eigenvalue weighted by atomic mass is 35.5. The third kappa shape index (κ3) is 4.95. The van der Waals surface area contributed by atoms with Gasteiger partial charge in [0.15, 0.2) is 5.11 Å². The van der Waals surface area contributed by atoms with Crippen molar-refractivity contribution in [3.8, 4) is 0 Å². The van der Waals surface area contributed by atoms with Crippen molar-refractivity contribution in [2.75, 3.05) is 5.32 Å². The van der Waals surface area contributed by atoms with Gasteiger partial charge in [0.2, 0.25) is 0 Å². The number of hydrogen-bond acceptors (Lipinski definition) is 2. The van der Waals surface area contributed by atoms with Gasteiger partial charge in [0.1, 0.15) is 0 Å². The van der Waals surface area contributed by atoms with Crippen LogP contribution in [0.25, 0.3) is 0 Å². The van der Waals surface area contributed by atoms with Crippen LogP contribution in [0.1, 0.15) is 11.1 Å². The van der Waals surface area contributed by atoms with Crippen molar-refractivity contribution in [2.45, 2.75) is 13.1 Å². The van der Waals surface area contributed by atoms with Gasteiger partial charge in [-0.3, -0.25) is 4.68 Å². The molecule has 0 aliphatic rings. The molecule has 0 bridgehead atoms. The van der Waals surface area contributed by atoms with Crippen LogP contribution in [0, 0.1) is 0 Å². The molecule has 128 valence electrons. The highest BCUT2D eigenvalue weighted by Crippen LogP contribution is 2.25. The SMILES string of the molecule is S=C(NCc1ccccc1)Nc1cnn(Cc2c(Cl)cccc2Cl)c1. The zero-order valence-corrected chi connectivity index (χ0v) is 15.6. The first kappa shape index (κ1) is 17.7. The zero-order valence-electron chi connectivity index (χ0n) is 13.2. The van der Waals surface area contributed by atoms with Crippen molar-refractivity contribution < 1.29 is 0 Å². The van der Waals surface area contributed by atoms with Gasteiger partial charge < -0.3 is 10.6 Å². The molecule has 3 rings (SSSR count). The molecule has 1 aromatic heterocycles. The molecule has 0 unspecified atom stereocenters. The molecule has 3 aromatic rings. The van der Waals surface area contributed by atoms with Crippen molar-refractivity contribution in [1.82, 2.24) is 15.1 Å². The summed E-state index contributed by atoms with van der Waals surface area (Å²) in [4.78, 5) is 0. The smallest absolute Gasteiger partial charge is 0.171 e. The molecule has 25 heavy (non-hydrogen) atoms. The number of nitrogens with one attached hydrogen (secondary N) is 2. The molecular weight excluding hydrogens is 375 g/mol. The van der Waals surface area contributed by atoms with E-state index in [1.54, 1.807) is 10.9 Å². The molecule has 4 nitrogen and oxygen atoms in total. The van der Waals surface area contributed by atoms with E-state index in [9.17, 15) is 0 Å². The van der Waals surface area contributed by atoms with E-state index in [0.717, 1.165) is 16.8 Å². The normalized spacial score (nSPS) is 10.5. The second kappa shape index (κ2) is 8.34. The summed E-state index contributed by atoms with van der Waals surface area (Å²) in [6.07, 6.45) is 3.57. The number of halogens is 2. The maximum Gasteiger partial charge on any atom is 0.171 e. The van der Waals surface area contributed by atoms with Crippen LogP contribution in [0.2, 0.25) is 10.0 Å². The minimum absolute atomic E-state index is 0.490. The first-order valence-corrected chi connectivity index (χ1v) is 8.82. The minimum Gasteiger partial charge on any atom is -0.358 e. The Bertz CT molecular complexity index is 844. The molecule has 0 aliphatic heterocycles. The molecule has 0 amide bonds. The summed E-state index contributed by atoms with van der Waals surface area (Å²) in [5, 5.41) is 12.4. The fraction of sp³-hybridized carbons (Fsp3) is 0.111. The van der Waals surface area contributed by atoms with Gasteiger partial charge >= 0.3 is 0 Å². The number of rotatable bonds is 5. The summed E-state index contributed by atoms with van der Waals surface area (Å²) in [6.45, 7) is 1.15. The fourth-order valence-electron chi connectivity index (χ4n) is 2.31. The van der Waals surface area contributed by atoms with Crippen LogP contribution in [0.5, 0.6) is 0 Å². The lowest BCUT2D eigenvalue weighted by Gasteiger charge is -2.09. The first-order valence-electron chi connectivity index (χ1n) is 7.66. The summed E-state index contributed by atoms with van der Waals surface area (Å²) in [5.74, 6) is 0. The number of nitrogens with zero attached hydrogens (tertiary/aromatic N) is 2. The summed E-state index contributed by atoms with van der Waals surface area (Å²) < 4.78 is 1.76. The standard InChI is InChI=1S/C18H16Cl2N4S/c19-16-7-4-8-17(20)15(16)12-24-11-14(10-22-24)23-18(25)21-9-13-5-2-1-3-6-13/h1-8,10-11H,9,12H2,(H2,21,23,25). The fourth-order valence-corrected chi connectivity index (χ4v) is 3.02. The molecule has 0 spiro atoms. The van der Waals surface area contributed by atoms with E-state index in [1.807, 2.05) is 54.7 Å². The largest absolute Gasteiger partial charge is 0.358 e. The third-order valence-electron chi connectivity index (χ3n) is 3.57. The lowest BCUT2D eigenvalue weighted by atomic mass is 10.2. The van der Waals surface area contributed by atoms with Crippen LogP contribution in [-0.4, -0.2) is 14.9 Å². The second-order valence-corrected chi connectivity index (χ2v) is 6.64. The topological polar surface area (TPSA) is 41.9 Å². The summed E-state index contributed by atoms with van der Waals surface area (Å²) in [5.41, 5.74) is 2.80. The molecule has 0 aliphatic carbocycles. The lowest BCUT2D eigenvalue weighted by molar-refractivity contribution is 0.687. The van der Waals surface area contributed by atoms with Gasteiger partial charge in [-0.05, 0) is 29.9 Å². The Morgan fingerprint density at radius 1 is 1.04 bits per heavy atom. The van der Waals surface area contributed by atoms with Gasteiger partial charge in [-0.1, -0.05) is 59.6 Å². The predicted molar refractivity (Wildman–Crippen MR) is 107 cm³/mol. The molecule has 0 atom stereocenters. The van der Waals surface area contributed by atoms with E-state index in [1.165, 1.54) is 0 Å². The van der Waals surface area contributed by atoms with Crippen LogP contribution in [-0.2, 0) is 13.1 Å². The molecule has 0 fully saturated rings. The Labute approximate surface area is 161 Å². The molecule has 0 saturated carbocycles. The highest BCUT2D eigenvalue weighted by molar-refractivity contribution is 7.80. The Morgan fingerprint density at radius 3 is 2.48 bits per heavy atom. The van der Waals surface area contributed by atoms with E-state index < -0.39 is 0 Å². The average molecular weight is 391 g/mol. The van der Waals surface area contributed by atoms with Crippen molar-refractivity contribution in [3.05, 3.63) is 82.1 Å². The highest BCUT2D eigenvalue weighted by Gasteiger charge is 2.08. The number of thiocarbonyl (C=S) groups is 1. The van der Waals surface area contributed by atoms with Crippen LogP contribution >= 0.6 is 35.4 Å². The maximum absolute atomic E-state index is 6.20. The molecule has 1 heterocycles. The van der Waals surface area contributed by atoms with Crippen molar-refractivity contribution in [1.29, 1.82) is 0 Å². The molecular formula is C18H16Cl2N4S. The van der Waals surface area contributed by atoms with E-state index >= 15 is 0 Å². The third-order valence-corrected chi connectivity index (χ3v) is 4.52. The summed E-state index contributed by atoms with van der Waals surface area (Å²) >= 11 is 17.7.